The number of rotatable bonds is 8. The van der Waals surface area contributed by atoms with Gasteiger partial charge in [0.25, 0.3) is 0 Å². The zero-order valence-corrected chi connectivity index (χ0v) is 18.4. The van der Waals surface area contributed by atoms with Crippen LogP contribution in [0.2, 0.25) is 0 Å². The zero-order chi connectivity index (χ0) is 22.0. The van der Waals surface area contributed by atoms with Crippen molar-refractivity contribution in [3.05, 3.63) is 77.8 Å². The molecule has 0 saturated heterocycles. The minimum absolute atomic E-state index is 0.689. The van der Waals surface area contributed by atoms with Gasteiger partial charge in [0.1, 0.15) is 18.3 Å². The normalized spacial score (nSPS) is 15.3. The Hall–Kier alpha value is -3.65. The summed E-state index contributed by atoms with van der Waals surface area (Å²) in [4.78, 5) is 4.33. The van der Waals surface area contributed by atoms with Crippen molar-refractivity contribution in [1.29, 1.82) is 0 Å². The van der Waals surface area contributed by atoms with E-state index >= 15 is 0 Å². The second kappa shape index (κ2) is 8.71. The third-order valence-corrected chi connectivity index (χ3v) is 6.61. The predicted octanol–water partition coefficient (Wildman–Crippen LogP) is 3.30. The number of nitrogens with one attached hydrogen (secondary N) is 1. The van der Waals surface area contributed by atoms with Gasteiger partial charge in [0.15, 0.2) is 0 Å². The van der Waals surface area contributed by atoms with Crippen molar-refractivity contribution in [2.75, 3.05) is 13.1 Å². The SMILES string of the molecule is C1=C(CNCC2CCC2)Cc2cc(Cn3cc(-c4cncc(-n5cnnc5)c4)nn3)ccc21. The first-order valence-corrected chi connectivity index (χ1v) is 11.5. The number of pyridine rings is 1. The Morgan fingerprint density at radius 2 is 1.97 bits per heavy atom. The molecular weight excluding hydrogens is 412 g/mol. The molecule has 3 aromatic heterocycles. The number of hydrogen-bond donors (Lipinski definition) is 1. The maximum absolute atomic E-state index is 4.36. The standard InChI is InChI=1S/C25H26N8/c1-2-18(3-1)10-26-11-20-7-21-5-4-19(6-22(21)8-20)14-33-15-25(30-31-33)23-9-24(13-27-12-23)32-16-28-29-17-32/h4-7,9,12-13,15-18,26H,1-3,8,10-11,14H2. The van der Waals surface area contributed by atoms with Crippen molar-refractivity contribution in [2.45, 2.75) is 32.2 Å². The van der Waals surface area contributed by atoms with Crippen LogP contribution >= 0.6 is 0 Å². The molecule has 0 spiro atoms. The van der Waals surface area contributed by atoms with Gasteiger partial charge in [-0.25, -0.2) is 4.68 Å². The Kier molecular flexibility index (Phi) is 5.28. The van der Waals surface area contributed by atoms with Gasteiger partial charge in [0, 0.05) is 18.3 Å². The van der Waals surface area contributed by atoms with E-state index in [1.807, 2.05) is 21.5 Å². The maximum Gasteiger partial charge on any atom is 0.123 e. The summed E-state index contributed by atoms with van der Waals surface area (Å²) in [5.74, 6) is 0.898. The monoisotopic (exact) mass is 438 g/mol. The van der Waals surface area contributed by atoms with E-state index in [2.05, 4.69) is 55.1 Å². The first kappa shape index (κ1) is 20.0. The summed E-state index contributed by atoms with van der Waals surface area (Å²) in [5, 5.41) is 20.1. The molecule has 1 aromatic carbocycles. The molecule has 2 aliphatic rings. The van der Waals surface area contributed by atoms with E-state index in [-0.39, 0.29) is 0 Å². The highest BCUT2D eigenvalue weighted by molar-refractivity contribution is 5.64. The van der Waals surface area contributed by atoms with Crippen LogP contribution in [0.15, 0.2) is 61.1 Å². The molecule has 0 aliphatic heterocycles. The van der Waals surface area contributed by atoms with E-state index in [9.17, 15) is 0 Å². The van der Waals surface area contributed by atoms with Gasteiger partial charge in [-0.1, -0.05) is 41.5 Å². The highest BCUT2D eigenvalue weighted by atomic mass is 15.4. The Labute approximate surface area is 192 Å². The molecule has 0 radical (unpaired) electrons. The van der Waals surface area contributed by atoms with Crippen LogP contribution in [0.1, 0.15) is 36.0 Å². The maximum atomic E-state index is 4.36. The lowest BCUT2D eigenvalue weighted by Crippen LogP contribution is -2.28. The Morgan fingerprint density at radius 1 is 1.06 bits per heavy atom. The molecule has 3 heterocycles. The van der Waals surface area contributed by atoms with E-state index in [1.54, 1.807) is 25.0 Å². The van der Waals surface area contributed by atoms with E-state index in [0.717, 1.165) is 42.4 Å². The Balaban J connectivity index is 1.10. The molecule has 8 heteroatoms. The third kappa shape index (κ3) is 4.34. The van der Waals surface area contributed by atoms with E-state index in [1.165, 1.54) is 41.5 Å². The van der Waals surface area contributed by atoms with Crippen LogP contribution in [0, 0.1) is 5.92 Å². The summed E-state index contributed by atoms with van der Waals surface area (Å²) < 4.78 is 3.70. The zero-order valence-electron chi connectivity index (χ0n) is 18.4. The largest absolute Gasteiger partial charge is 0.313 e. The molecule has 33 heavy (non-hydrogen) atoms. The first-order valence-electron chi connectivity index (χ1n) is 11.5. The van der Waals surface area contributed by atoms with Gasteiger partial charge >= 0.3 is 0 Å². The van der Waals surface area contributed by atoms with Crippen LogP contribution in [0.3, 0.4) is 0 Å². The number of fused-ring (bicyclic) bond motifs is 1. The van der Waals surface area contributed by atoms with Gasteiger partial charge in [0.2, 0.25) is 0 Å². The second-order valence-electron chi connectivity index (χ2n) is 9.04. The lowest BCUT2D eigenvalue weighted by Gasteiger charge is -2.25. The van der Waals surface area contributed by atoms with Crippen LogP contribution < -0.4 is 5.32 Å². The van der Waals surface area contributed by atoms with Gasteiger partial charge in [-0.2, -0.15) is 0 Å². The quantitative estimate of drug-likeness (QED) is 0.454. The molecule has 2 aliphatic carbocycles. The van der Waals surface area contributed by atoms with Crippen LogP contribution in [0.25, 0.3) is 23.0 Å². The highest BCUT2D eigenvalue weighted by Gasteiger charge is 2.18. The van der Waals surface area contributed by atoms with Gasteiger partial charge < -0.3 is 5.32 Å². The lowest BCUT2D eigenvalue weighted by molar-refractivity contribution is 0.305. The number of aromatic nitrogens is 7. The fraction of sp³-hybridized carbons (Fsp3) is 0.320. The summed E-state index contributed by atoms with van der Waals surface area (Å²) in [6.07, 6.45) is 16.4. The molecule has 1 N–H and O–H groups in total. The van der Waals surface area contributed by atoms with Crippen molar-refractivity contribution in [3.63, 3.8) is 0 Å². The van der Waals surface area contributed by atoms with E-state index < -0.39 is 0 Å². The van der Waals surface area contributed by atoms with Gasteiger partial charge in [-0.3, -0.25) is 9.55 Å². The molecule has 1 saturated carbocycles. The summed E-state index contributed by atoms with van der Waals surface area (Å²) in [6, 6.07) is 8.73. The average molecular weight is 439 g/mol. The summed E-state index contributed by atoms with van der Waals surface area (Å²) >= 11 is 0. The van der Waals surface area contributed by atoms with Crippen LogP contribution in [0.4, 0.5) is 0 Å². The fourth-order valence-electron chi connectivity index (χ4n) is 4.55. The van der Waals surface area contributed by atoms with Crippen molar-refractivity contribution in [3.8, 4) is 16.9 Å². The van der Waals surface area contributed by atoms with Crippen LogP contribution in [0.5, 0.6) is 0 Å². The van der Waals surface area contributed by atoms with Crippen molar-refractivity contribution >= 4 is 6.08 Å². The molecule has 0 bridgehead atoms. The van der Waals surface area contributed by atoms with E-state index in [0.29, 0.717) is 6.54 Å². The minimum Gasteiger partial charge on any atom is -0.313 e. The predicted molar refractivity (Wildman–Crippen MR) is 126 cm³/mol. The second-order valence-corrected chi connectivity index (χ2v) is 9.04. The van der Waals surface area contributed by atoms with Crippen LogP contribution in [-0.2, 0) is 13.0 Å². The average Bonchev–Trinajstić information content (AvgIpc) is 3.56. The summed E-state index contributed by atoms with van der Waals surface area (Å²) in [7, 11) is 0. The van der Waals surface area contributed by atoms with Crippen molar-refractivity contribution < 1.29 is 0 Å². The number of hydrogen-bond acceptors (Lipinski definition) is 6. The topological polar surface area (TPSA) is 86.3 Å². The molecular formula is C25H26N8. The Bertz CT molecular complexity index is 1280. The van der Waals surface area contributed by atoms with Crippen LogP contribution in [-0.4, -0.2) is 47.8 Å². The summed E-state index contributed by atoms with van der Waals surface area (Å²) in [5.41, 5.74) is 8.04. The van der Waals surface area contributed by atoms with Crippen molar-refractivity contribution in [2.24, 2.45) is 5.92 Å². The molecule has 1 fully saturated rings. The van der Waals surface area contributed by atoms with Gasteiger partial charge in [-0.05, 0) is 54.5 Å². The van der Waals surface area contributed by atoms with Gasteiger partial charge in [0.05, 0.1) is 24.6 Å². The fourth-order valence-corrected chi connectivity index (χ4v) is 4.55. The number of benzene rings is 1. The minimum atomic E-state index is 0.689. The third-order valence-electron chi connectivity index (χ3n) is 6.61. The molecule has 166 valence electrons. The van der Waals surface area contributed by atoms with Gasteiger partial charge in [-0.15, -0.1) is 15.3 Å². The Morgan fingerprint density at radius 3 is 2.82 bits per heavy atom. The molecule has 6 rings (SSSR count). The molecule has 4 aromatic rings. The summed E-state index contributed by atoms with van der Waals surface area (Å²) in [6.45, 7) is 2.84. The molecule has 8 nitrogen and oxygen atoms in total. The lowest BCUT2D eigenvalue weighted by atomic mass is 9.85. The number of nitrogens with zero attached hydrogens (tertiary/aromatic N) is 7. The highest BCUT2D eigenvalue weighted by Crippen LogP contribution is 2.28. The smallest absolute Gasteiger partial charge is 0.123 e. The van der Waals surface area contributed by atoms with Crippen molar-refractivity contribution in [1.82, 2.24) is 40.1 Å². The van der Waals surface area contributed by atoms with E-state index in [4.69, 9.17) is 0 Å². The first-order chi connectivity index (χ1) is 16.3. The molecule has 0 unspecified atom stereocenters. The molecule has 0 atom stereocenters. The molecule has 0 amide bonds.